The van der Waals surface area contributed by atoms with Crippen LogP contribution in [0.4, 0.5) is 0 Å². The maximum Gasteiger partial charge on any atom is 0.150 e. The second kappa shape index (κ2) is 4.19. The fourth-order valence-corrected chi connectivity index (χ4v) is 4.53. The first-order chi connectivity index (χ1) is 6.66. The highest BCUT2D eigenvalue weighted by atomic mass is 32.2. The second-order valence-electron chi connectivity index (χ2n) is 4.70. The zero-order valence-corrected chi connectivity index (χ0v) is 9.35. The Kier molecular flexibility index (Phi) is 3.12. The van der Waals surface area contributed by atoms with E-state index in [1.54, 1.807) is 0 Å². The lowest BCUT2D eigenvalue weighted by atomic mass is 9.87. The summed E-state index contributed by atoms with van der Waals surface area (Å²) in [5.74, 6) is 2.12. The molecule has 3 nitrogen and oxygen atoms in total. The van der Waals surface area contributed by atoms with E-state index in [0.717, 1.165) is 31.8 Å². The minimum Gasteiger partial charge on any atom is -0.317 e. The highest BCUT2D eigenvalue weighted by Gasteiger charge is 2.29. The Morgan fingerprint density at radius 1 is 1.07 bits per heavy atom. The summed E-state index contributed by atoms with van der Waals surface area (Å²) in [5, 5.41) is 3.34. The minimum absolute atomic E-state index is 0.433. The maximum absolute atomic E-state index is 11.3. The Morgan fingerprint density at radius 3 is 2.36 bits per heavy atom. The third-order valence-electron chi connectivity index (χ3n) is 3.45. The van der Waals surface area contributed by atoms with Crippen molar-refractivity contribution in [2.75, 3.05) is 24.6 Å². The lowest BCUT2D eigenvalue weighted by molar-refractivity contribution is 0.311. The van der Waals surface area contributed by atoms with Gasteiger partial charge in [-0.05, 0) is 50.6 Å². The van der Waals surface area contributed by atoms with Gasteiger partial charge in [-0.15, -0.1) is 0 Å². The number of rotatable bonds is 2. The molecule has 82 valence electrons. The average Bonchev–Trinajstić information content (AvgIpc) is 2.47. The van der Waals surface area contributed by atoms with E-state index in [1.807, 2.05) is 0 Å². The van der Waals surface area contributed by atoms with Crippen LogP contribution in [0.3, 0.4) is 0 Å². The monoisotopic (exact) mass is 217 g/mol. The van der Waals surface area contributed by atoms with E-state index in [2.05, 4.69) is 5.32 Å². The molecule has 2 saturated heterocycles. The van der Waals surface area contributed by atoms with Crippen LogP contribution in [0.1, 0.15) is 25.7 Å². The number of nitrogens with one attached hydrogen (secondary N) is 1. The first kappa shape index (κ1) is 10.4. The van der Waals surface area contributed by atoms with Gasteiger partial charge in [0.05, 0.1) is 11.5 Å². The summed E-state index contributed by atoms with van der Waals surface area (Å²) < 4.78 is 22.5. The van der Waals surface area contributed by atoms with E-state index < -0.39 is 9.84 Å². The molecule has 0 amide bonds. The molecule has 1 atom stereocenters. The molecule has 14 heavy (non-hydrogen) atoms. The van der Waals surface area contributed by atoms with Gasteiger partial charge < -0.3 is 5.32 Å². The summed E-state index contributed by atoms with van der Waals surface area (Å²) in [6, 6.07) is 0. The molecule has 0 aromatic carbocycles. The van der Waals surface area contributed by atoms with Gasteiger partial charge in [-0.3, -0.25) is 0 Å². The molecule has 2 aliphatic heterocycles. The Balaban J connectivity index is 1.80. The molecule has 0 radical (unpaired) electrons. The molecule has 2 fully saturated rings. The third kappa shape index (κ3) is 2.70. The van der Waals surface area contributed by atoms with Crippen molar-refractivity contribution < 1.29 is 8.42 Å². The molecular formula is C10H19NO2S. The molecule has 0 aliphatic carbocycles. The molecule has 2 rings (SSSR count). The minimum atomic E-state index is -2.66. The van der Waals surface area contributed by atoms with Crippen LogP contribution >= 0.6 is 0 Å². The van der Waals surface area contributed by atoms with Gasteiger partial charge in [0.1, 0.15) is 0 Å². The highest BCUT2D eigenvalue weighted by Crippen LogP contribution is 2.28. The molecule has 0 aromatic rings. The Bertz CT molecular complexity index is 280. The Morgan fingerprint density at radius 2 is 1.79 bits per heavy atom. The lowest BCUT2D eigenvalue weighted by Gasteiger charge is -2.24. The molecule has 2 aliphatic rings. The van der Waals surface area contributed by atoms with E-state index in [0.29, 0.717) is 17.4 Å². The van der Waals surface area contributed by atoms with E-state index in [4.69, 9.17) is 0 Å². The fraction of sp³-hybridized carbons (Fsp3) is 1.00. The van der Waals surface area contributed by atoms with Crippen LogP contribution in [-0.4, -0.2) is 33.0 Å². The van der Waals surface area contributed by atoms with E-state index >= 15 is 0 Å². The molecule has 1 unspecified atom stereocenters. The molecule has 0 bridgehead atoms. The number of sulfone groups is 1. The van der Waals surface area contributed by atoms with Gasteiger partial charge in [0.25, 0.3) is 0 Å². The normalized spacial score (nSPS) is 33.3. The second-order valence-corrected chi connectivity index (χ2v) is 6.93. The summed E-state index contributed by atoms with van der Waals surface area (Å²) in [7, 11) is -2.66. The number of hydrogen-bond acceptors (Lipinski definition) is 3. The number of piperidine rings is 1. The zero-order valence-electron chi connectivity index (χ0n) is 8.54. The van der Waals surface area contributed by atoms with Crippen molar-refractivity contribution in [1.82, 2.24) is 5.32 Å². The SMILES string of the molecule is O=S1(=O)CCC(CC2CCNCC2)C1. The van der Waals surface area contributed by atoms with Crippen molar-refractivity contribution in [1.29, 1.82) is 0 Å². The van der Waals surface area contributed by atoms with E-state index in [1.165, 1.54) is 12.8 Å². The molecule has 0 aromatic heterocycles. The predicted molar refractivity (Wildman–Crippen MR) is 57.0 cm³/mol. The van der Waals surface area contributed by atoms with Crippen molar-refractivity contribution in [3.63, 3.8) is 0 Å². The van der Waals surface area contributed by atoms with Gasteiger partial charge in [-0.25, -0.2) is 8.42 Å². The molecule has 1 N–H and O–H groups in total. The van der Waals surface area contributed by atoms with Crippen molar-refractivity contribution in [2.45, 2.75) is 25.7 Å². The summed E-state index contributed by atoms with van der Waals surface area (Å²) in [6.07, 6.45) is 4.51. The fourth-order valence-electron chi connectivity index (χ4n) is 2.65. The summed E-state index contributed by atoms with van der Waals surface area (Å²) in [6.45, 7) is 2.23. The average molecular weight is 217 g/mol. The first-order valence-corrected chi connectivity index (χ1v) is 7.39. The van der Waals surface area contributed by atoms with Crippen molar-refractivity contribution in [3.05, 3.63) is 0 Å². The summed E-state index contributed by atoms with van der Waals surface area (Å²) >= 11 is 0. The van der Waals surface area contributed by atoms with Crippen LogP contribution < -0.4 is 5.32 Å². The van der Waals surface area contributed by atoms with E-state index in [-0.39, 0.29) is 0 Å². The van der Waals surface area contributed by atoms with Crippen LogP contribution in [0.2, 0.25) is 0 Å². The third-order valence-corrected chi connectivity index (χ3v) is 5.29. The van der Waals surface area contributed by atoms with Gasteiger partial charge in [-0.2, -0.15) is 0 Å². The molecular weight excluding hydrogens is 198 g/mol. The summed E-state index contributed by atoms with van der Waals surface area (Å²) in [4.78, 5) is 0. The topological polar surface area (TPSA) is 46.2 Å². The lowest BCUT2D eigenvalue weighted by Crippen LogP contribution is -2.29. The smallest absolute Gasteiger partial charge is 0.150 e. The molecule has 0 saturated carbocycles. The van der Waals surface area contributed by atoms with Gasteiger partial charge in [0, 0.05) is 0 Å². The van der Waals surface area contributed by atoms with E-state index in [9.17, 15) is 8.42 Å². The van der Waals surface area contributed by atoms with Crippen molar-refractivity contribution in [2.24, 2.45) is 11.8 Å². The quantitative estimate of drug-likeness (QED) is 0.744. The van der Waals surface area contributed by atoms with Crippen LogP contribution in [-0.2, 0) is 9.84 Å². The predicted octanol–water partition coefficient (Wildman–Crippen LogP) is 0.811. The summed E-state index contributed by atoms with van der Waals surface area (Å²) in [5.41, 5.74) is 0. The van der Waals surface area contributed by atoms with Gasteiger partial charge in [-0.1, -0.05) is 0 Å². The first-order valence-electron chi connectivity index (χ1n) is 5.57. The molecule has 2 heterocycles. The Labute approximate surface area is 86.2 Å². The standard InChI is InChI=1S/C10H19NO2S/c12-14(13)6-3-10(8-14)7-9-1-4-11-5-2-9/h9-11H,1-8H2. The molecule has 0 spiro atoms. The van der Waals surface area contributed by atoms with Crippen LogP contribution in [0.15, 0.2) is 0 Å². The Hall–Kier alpha value is -0.0900. The highest BCUT2D eigenvalue weighted by molar-refractivity contribution is 7.91. The van der Waals surface area contributed by atoms with Crippen molar-refractivity contribution >= 4 is 9.84 Å². The van der Waals surface area contributed by atoms with Gasteiger partial charge >= 0.3 is 0 Å². The zero-order chi connectivity index (χ0) is 10.0. The number of hydrogen-bond donors (Lipinski definition) is 1. The maximum atomic E-state index is 11.3. The van der Waals surface area contributed by atoms with Gasteiger partial charge in [0.15, 0.2) is 9.84 Å². The van der Waals surface area contributed by atoms with Crippen molar-refractivity contribution in [3.8, 4) is 0 Å². The van der Waals surface area contributed by atoms with Crippen LogP contribution in [0, 0.1) is 11.8 Å². The van der Waals surface area contributed by atoms with Crippen LogP contribution in [0.25, 0.3) is 0 Å². The van der Waals surface area contributed by atoms with Crippen LogP contribution in [0.5, 0.6) is 0 Å². The van der Waals surface area contributed by atoms with Gasteiger partial charge in [0.2, 0.25) is 0 Å². The largest absolute Gasteiger partial charge is 0.317 e. The molecule has 4 heteroatoms.